The molecular formula is C9H10N4. The Labute approximate surface area is 75.2 Å². The highest BCUT2D eigenvalue weighted by atomic mass is 15.2. The highest BCUT2D eigenvalue weighted by molar-refractivity contribution is 5.90. The molecule has 13 heavy (non-hydrogen) atoms. The van der Waals surface area contributed by atoms with Crippen molar-refractivity contribution < 1.29 is 0 Å². The van der Waals surface area contributed by atoms with E-state index in [1.54, 1.807) is 0 Å². The minimum atomic E-state index is 0.654. The first-order valence-corrected chi connectivity index (χ1v) is 4.46. The molecule has 0 unspecified atom stereocenters. The van der Waals surface area contributed by atoms with Crippen molar-refractivity contribution in [1.82, 2.24) is 15.2 Å². The Morgan fingerprint density at radius 3 is 3.23 bits per heavy atom. The van der Waals surface area contributed by atoms with Gasteiger partial charge < -0.3 is 5.73 Å². The second-order valence-corrected chi connectivity index (χ2v) is 3.45. The molecule has 0 amide bonds. The van der Waals surface area contributed by atoms with E-state index >= 15 is 0 Å². The number of hydrogen-bond donors (Lipinski definition) is 2. The number of nitrogens with two attached hydrogens (primary N) is 1. The van der Waals surface area contributed by atoms with Crippen LogP contribution in [0.3, 0.4) is 0 Å². The van der Waals surface area contributed by atoms with Gasteiger partial charge in [0.1, 0.15) is 5.82 Å². The number of nitrogens with one attached hydrogen (secondary N) is 1. The molecule has 2 heterocycles. The molecule has 4 heteroatoms. The highest BCUT2D eigenvalue weighted by Gasteiger charge is 2.17. The summed E-state index contributed by atoms with van der Waals surface area (Å²) in [7, 11) is 0. The van der Waals surface area contributed by atoms with Crippen molar-refractivity contribution in [3.63, 3.8) is 0 Å². The van der Waals surface area contributed by atoms with E-state index in [2.05, 4.69) is 15.2 Å². The van der Waals surface area contributed by atoms with Crippen molar-refractivity contribution in [2.45, 2.75) is 19.3 Å². The maximum Gasteiger partial charge on any atom is 0.183 e. The zero-order valence-electron chi connectivity index (χ0n) is 7.17. The lowest BCUT2D eigenvalue weighted by molar-refractivity contribution is 0.912. The van der Waals surface area contributed by atoms with Crippen LogP contribution in [0.4, 0.5) is 5.82 Å². The van der Waals surface area contributed by atoms with Crippen LogP contribution < -0.4 is 5.73 Å². The van der Waals surface area contributed by atoms with Gasteiger partial charge in [0.05, 0.1) is 5.39 Å². The van der Waals surface area contributed by atoms with Gasteiger partial charge in [-0.15, -0.1) is 0 Å². The summed E-state index contributed by atoms with van der Waals surface area (Å²) < 4.78 is 0. The van der Waals surface area contributed by atoms with Crippen LogP contribution in [0.5, 0.6) is 0 Å². The van der Waals surface area contributed by atoms with Crippen LogP contribution in [0, 0.1) is 0 Å². The van der Waals surface area contributed by atoms with Gasteiger partial charge in [0.2, 0.25) is 0 Å². The topological polar surface area (TPSA) is 67.6 Å². The Morgan fingerprint density at radius 1 is 1.38 bits per heavy atom. The largest absolute Gasteiger partial charge is 0.384 e. The average molecular weight is 174 g/mol. The van der Waals surface area contributed by atoms with Crippen LogP contribution in [0.1, 0.15) is 17.5 Å². The molecule has 0 aromatic carbocycles. The summed E-state index contributed by atoms with van der Waals surface area (Å²) >= 11 is 0. The van der Waals surface area contributed by atoms with E-state index in [4.69, 9.17) is 5.73 Å². The molecule has 66 valence electrons. The van der Waals surface area contributed by atoms with E-state index in [1.807, 2.05) is 6.20 Å². The first-order valence-electron chi connectivity index (χ1n) is 4.46. The molecule has 0 spiro atoms. The molecule has 0 saturated heterocycles. The van der Waals surface area contributed by atoms with Crippen LogP contribution in [0.25, 0.3) is 11.0 Å². The van der Waals surface area contributed by atoms with Crippen LogP contribution >= 0.6 is 0 Å². The highest BCUT2D eigenvalue weighted by Crippen LogP contribution is 2.30. The fourth-order valence-corrected chi connectivity index (χ4v) is 2.07. The minimum absolute atomic E-state index is 0.654. The molecule has 2 aromatic rings. The summed E-state index contributed by atoms with van der Waals surface area (Å²) in [6.45, 7) is 0. The van der Waals surface area contributed by atoms with Crippen molar-refractivity contribution in [2.75, 3.05) is 5.73 Å². The van der Waals surface area contributed by atoms with E-state index in [0.717, 1.165) is 23.9 Å². The molecule has 4 nitrogen and oxygen atoms in total. The van der Waals surface area contributed by atoms with E-state index < -0.39 is 0 Å². The Balaban J connectivity index is 2.47. The quantitative estimate of drug-likeness (QED) is 0.626. The number of anilines is 1. The maximum atomic E-state index is 5.79. The number of hydrogen-bond acceptors (Lipinski definition) is 3. The lowest BCUT2D eigenvalue weighted by Gasteiger charge is -1.98. The number of pyridine rings is 1. The second-order valence-electron chi connectivity index (χ2n) is 3.45. The molecule has 1 aliphatic rings. The Morgan fingerprint density at radius 2 is 2.31 bits per heavy atom. The van der Waals surface area contributed by atoms with Crippen LogP contribution in [-0.4, -0.2) is 15.2 Å². The normalized spacial score (nSPS) is 15.1. The number of H-pyrrole nitrogens is 1. The van der Waals surface area contributed by atoms with Gasteiger partial charge in [0.25, 0.3) is 0 Å². The SMILES string of the molecule is Nc1[nH]nc2ncc3c(c12)CCC3. The number of aryl methyl sites for hydroxylation is 2. The molecule has 0 radical (unpaired) electrons. The van der Waals surface area contributed by atoms with Crippen LogP contribution in [-0.2, 0) is 12.8 Å². The molecule has 3 N–H and O–H groups in total. The standard InChI is InChI=1S/C9H10N4/c10-8-7-6-3-1-2-5(6)4-11-9(7)13-12-8/h4H,1-3H2,(H3,10,11,12,13). The lowest BCUT2D eigenvalue weighted by Crippen LogP contribution is -1.90. The number of aromatic amines is 1. The Hall–Kier alpha value is -1.58. The van der Waals surface area contributed by atoms with Crippen molar-refractivity contribution in [1.29, 1.82) is 0 Å². The summed E-state index contributed by atoms with van der Waals surface area (Å²) in [5, 5.41) is 7.84. The lowest BCUT2D eigenvalue weighted by atomic mass is 10.1. The third kappa shape index (κ3) is 0.798. The van der Waals surface area contributed by atoms with Gasteiger partial charge in [-0.2, -0.15) is 5.10 Å². The van der Waals surface area contributed by atoms with Crippen molar-refractivity contribution >= 4 is 16.9 Å². The Bertz CT molecular complexity index is 472. The average Bonchev–Trinajstić information content (AvgIpc) is 2.70. The van der Waals surface area contributed by atoms with Gasteiger partial charge in [-0.3, -0.25) is 5.10 Å². The van der Waals surface area contributed by atoms with Crippen molar-refractivity contribution in [3.8, 4) is 0 Å². The summed E-state index contributed by atoms with van der Waals surface area (Å²) in [5.41, 5.74) is 9.22. The zero-order valence-corrected chi connectivity index (χ0v) is 7.17. The van der Waals surface area contributed by atoms with Crippen LogP contribution in [0.2, 0.25) is 0 Å². The van der Waals surface area contributed by atoms with Crippen molar-refractivity contribution in [2.24, 2.45) is 0 Å². The number of aromatic nitrogens is 3. The molecule has 0 bridgehead atoms. The van der Waals surface area contributed by atoms with Gasteiger partial charge in [0.15, 0.2) is 5.65 Å². The third-order valence-electron chi connectivity index (χ3n) is 2.68. The molecule has 0 saturated carbocycles. The van der Waals surface area contributed by atoms with E-state index in [9.17, 15) is 0 Å². The monoisotopic (exact) mass is 174 g/mol. The van der Waals surface area contributed by atoms with E-state index in [1.165, 1.54) is 17.5 Å². The number of rotatable bonds is 0. The minimum Gasteiger partial charge on any atom is -0.384 e. The number of nitrogens with zero attached hydrogens (tertiary/aromatic N) is 2. The fourth-order valence-electron chi connectivity index (χ4n) is 2.07. The van der Waals surface area contributed by atoms with Crippen LogP contribution in [0.15, 0.2) is 6.20 Å². The number of fused-ring (bicyclic) bond motifs is 3. The molecular weight excluding hydrogens is 164 g/mol. The smallest absolute Gasteiger partial charge is 0.183 e. The molecule has 1 aliphatic carbocycles. The van der Waals surface area contributed by atoms with Gasteiger partial charge in [0, 0.05) is 6.20 Å². The molecule has 0 atom stereocenters. The van der Waals surface area contributed by atoms with Crippen molar-refractivity contribution in [3.05, 3.63) is 17.3 Å². The summed E-state index contributed by atoms with van der Waals surface area (Å²) in [4.78, 5) is 4.25. The molecule has 0 aliphatic heterocycles. The summed E-state index contributed by atoms with van der Waals surface area (Å²) in [6, 6.07) is 0. The first-order chi connectivity index (χ1) is 6.36. The third-order valence-corrected chi connectivity index (χ3v) is 2.68. The first kappa shape index (κ1) is 6.88. The molecule has 2 aromatic heterocycles. The van der Waals surface area contributed by atoms with E-state index in [0.29, 0.717) is 5.82 Å². The van der Waals surface area contributed by atoms with Gasteiger partial charge >= 0.3 is 0 Å². The number of nitrogen functional groups attached to an aromatic ring is 1. The fraction of sp³-hybridized carbons (Fsp3) is 0.333. The van der Waals surface area contributed by atoms with Gasteiger partial charge in [-0.1, -0.05) is 0 Å². The summed E-state index contributed by atoms with van der Waals surface area (Å²) in [6.07, 6.45) is 5.37. The molecule has 3 rings (SSSR count). The Kier molecular flexibility index (Phi) is 1.17. The zero-order chi connectivity index (χ0) is 8.84. The van der Waals surface area contributed by atoms with E-state index in [-0.39, 0.29) is 0 Å². The molecule has 0 fully saturated rings. The van der Waals surface area contributed by atoms with Gasteiger partial charge in [-0.25, -0.2) is 4.98 Å². The maximum absolute atomic E-state index is 5.79. The summed E-state index contributed by atoms with van der Waals surface area (Å²) in [5.74, 6) is 0.654. The van der Waals surface area contributed by atoms with Gasteiger partial charge in [-0.05, 0) is 30.4 Å². The second kappa shape index (κ2) is 2.22. The predicted octanol–water partition coefficient (Wildman–Crippen LogP) is 1.03. The predicted molar refractivity (Wildman–Crippen MR) is 50.3 cm³/mol.